The summed E-state index contributed by atoms with van der Waals surface area (Å²) in [7, 11) is 0. The zero-order valence-electron chi connectivity index (χ0n) is 7.95. The first-order chi connectivity index (χ1) is 6.42. The molecule has 4 aliphatic carbocycles. The molecule has 4 atom stereocenters. The van der Waals surface area contributed by atoms with Crippen LogP contribution in [0.4, 0.5) is 0 Å². The molecule has 0 aliphatic heterocycles. The lowest BCUT2D eigenvalue weighted by molar-refractivity contribution is 0.205. The van der Waals surface area contributed by atoms with Crippen molar-refractivity contribution in [2.45, 2.75) is 25.7 Å². The topological polar surface area (TPSA) is 0 Å². The van der Waals surface area contributed by atoms with E-state index < -0.39 is 0 Å². The molecule has 4 aliphatic rings. The minimum atomic E-state index is 0.891. The maximum atomic E-state index is 2.44. The third kappa shape index (κ3) is 0.820. The fourth-order valence-electron chi connectivity index (χ4n) is 3.97. The van der Waals surface area contributed by atoms with Gasteiger partial charge in [0.25, 0.3) is 0 Å². The van der Waals surface area contributed by atoms with Crippen LogP contribution in [-0.4, -0.2) is 0 Å². The monoisotopic (exact) mass is 172 g/mol. The van der Waals surface area contributed by atoms with Gasteiger partial charge in [-0.25, -0.2) is 0 Å². The van der Waals surface area contributed by atoms with Crippen molar-refractivity contribution in [1.29, 1.82) is 0 Å². The molecule has 0 radical (unpaired) electrons. The van der Waals surface area contributed by atoms with Gasteiger partial charge in [0.15, 0.2) is 0 Å². The Kier molecular flexibility index (Phi) is 1.11. The molecule has 0 heterocycles. The van der Waals surface area contributed by atoms with Crippen molar-refractivity contribution >= 4 is 0 Å². The third-order valence-corrected chi connectivity index (χ3v) is 4.88. The molecule has 3 saturated carbocycles. The SMILES string of the molecule is C1=CC2C(=C1)CC2C1CC2CC2C1. The van der Waals surface area contributed by atoms with E-state index in [4.69, 9.17) is 0 Å². The van der Waals surface area contributed by atoms with E-state index in [-0.39, 0.29) is 0 Å². The molecule has 0 bridgehead atoms. The first-order valence-electron chi connectivity index (χ1n) is 5.79. The van der Waals surface area contributed by atoms with Crippen molar-refractivity contribution in [3.8, 4) is 0 Å². The van der Waals surface area contributed by atoms with Crippen LogP contribution in [0.25, 0.3) is 0 Å². The van der Waals surface area contributed by atoms with Gasteiger partial charge in [0.05, 0.1) is 0 Å². The van der Waals surface area contributed by atoms with E-state index in [0.717, 1.165) is 17.8 Å². The van der Waals surface area contributed by atoms with Gasteiger partial charge < -0.3 is 0 Å². The highest BCUT2D eigenvalue weighted by Gasteiger charge is 2.51. The van der Waals surface area contributed by atoms with E-state index in [1.165, 1.54) is 18.3 Å². The largest absolute Gasteiger partial charge is 0.0770 e. The fraction of sp³-hybridized carbons (Fsp3) is 0.692. The van der Waals surface area contributed by atoms with Crippen molar-refractivity contribution in [3.63, 3.8) is 0 Å². The van der Waals surface area contributed by atoms with Gasteiger partial charge in [0.1, 0.15) is 0 Å². The second-order valence-corrected chi connectivity index (χ2v) is 5.51. The molecule has 3 fully saturated rings. The quantitative estimate of drug-likeness (QED) is 0.570. The number of rotatable bonds is 1. The average Bonchev–Trinajstić information content (AvgIpc) is 2.54. The van der Waals surface area contributed by atoms with Gasteiger partial charge in [-0.1, -0.05) is 23.8 Å². The molecule has 4 rings (SSSR count). The van der Waals surface area contributed by atoms with Crippen LogP contribution in [0.5, 0.6) is 0 Å². The average molecular weight is 172 g/mol. The minimum Gasteiger partial charge on any atom is -0.0770 e. The van der Waals surface area contributed by atoms with Gasteiger partial charge in [-0.3, -0.25) is 0 Å². The van der Waals surface area contributed by atoms with E-state index in [9.17, 15) is 0 Å². The van der Waals surface area contributed by atoms with Gasteiger partial charge in [0, 0.05) is 5.92 Å². The number of fused-ring (bicyclic) bond motifs is 2. The highest BCUT2D eigenvalue weighted by atomic mass is 14.6. The summed E-state index contributed by atoms with van der Waals surface area (Å²) in [6.45, 7) is 0. The molecular formula is C13H16. The third-order valence-electron chi connectivity index (χ3n) is 4.88. The van der Waals surface area contributed by atoms with Crippen LogP contribution in [0.1, 0.15) is 25.7 Å². The summed E-state index contributed by atoms with van der Waals surface area (Å²) in [5, 5.41) is 0. The summed E-state index contributed by atoms with van der Waals surface area (Å²) < 4.78 is 0. The van der Waals surface area contributed by atoms with Crippen LogP contribution in [0.15, 0.2) is 23.8 Å². The molecule has 0 amide bonds. The van der Waals surface area contributed by atoms with Crippen LogP contribution in [0.3, 0.4) is 0 Å². The fourth-order valence-corrected chi connectivity index (χ4v) is 3.97. The maximum Gasteiger partial charge on any atom is 0.00171 e. The Labute approximate surface area is 79.7 Å². The summed E-state index contributed by atoms with van der Waals surface area (Å²) in [6, 6.07) is 0. The van der Waals surface area contributed by atoms with E-state index in [0.29, 0.717) is 0 Å². The van der Waals surface area contributed by atoms with Gasteiger partial charge in [-0.2, -0.15) is 0 Å². The Hall–Kier alpha value is -0.520. The highest BCUT2D eigenvalue weighted by Crippen LogP contribution is 2.61. The van der Waals surface area contributed by atoms with Crippen LogP contribution in [0, 0.1) is 29.6 Å². The van der Waals surface area contributed by atoms with Gasteiger partial charge in [-0.05, 0) is 49.4 Å². The van der Waals surface area contributed by atoms with Crippen LogP contribution in [0.2, 0.25) is 0 Å². The normalized spacial score (nSPS) is 55.4. The number of hydrogen-bond donors (Lipinski definition) is 0. The maximum absolute atomic E-state index is 2.44. The lowest BCUT2D eigenvalue weighted by Crippen LogP contribution is -2.32. The van der Waals surface area contributed by atoms with Crippen LogP contribution >= 0.6 is 0 Å². The second-order valence-electron chi connectivity index (χ2n) is 5.51. The van der Waals surface area contributed by atoms with Crippen molar-refractivity contribution in [2.24, 2.45) is 29.6 Å². The minimum absolute atomic E-state index is 0.891. The van der Waals surface area contributed by atoms with Crippen LogP contribution in [-0.2, 0) is 0 Å². The van der Waals surface area contributed by atoms with Crippen molar-refractivity contribution < 1.29 is 0 Å². The van der Waals surface area contributed by atoms with Crippen molar-refractivity contribution in [3.05, 3.63) is 23.8 Å². The van der Waals surface area contributed by atoms with Crippen molar-refractivity contribution in [1.82, 2.24) is 0 Å². The summed E-state index contributed by atoms with van der Waals surface area (Å²) >= 11 is 0. The van der Waals surface area contributed by atoms with E-state index in [1.54, 1.807) is 24.8 Å². The Morgan fingerprint density at radius 2 is 1.77 bits per heavy atom. The van der Waals surface area contributed by atoms with E-state index >= 15 is 0 Å². The van der Waals surface area contributed by atoms with Gasteiger partial charge in [0.2, 0.25) is 0 Å². The zero-order valence-corrected chi connectivity index (χ0v) is 7.95. The smallest absolute Gasteiger partial charge is 0.00171 e. The zero-order chi connectivity index (χ0) is 8.41. The number of allylic oxidation sites excluding steroid dienone is 4. The summed E-state index contributed by atoms with van der Waals surface area (Å²) in [5.41, 5.74) is 1.73. The van der Waals surface area contributed by atoms with Gasteiger partial charge >= 0.3 is 0 Å². The second kappa shape index (κ2) is 2.10. The molecule has 0 nitrogen and oxygen atoms in total. The van der Waals surface area contributed by atoms with Crippen molar-refractivity contribution in [2.75, 3.05) is 0 Å². The molecule has 0 aromatic carbocycles. The lowest BCUT2D eigenvalue weighted by Gasteiger charge is -2.40. The Balaban J connectivity index is 1.52. The predicted octanol–water partition coefficient (Wildman–Crippen LogP) is 3.16. The molecule has 0 saturated heterocycles. The molecular weight excluding hydrogens is 156 g/mol. The molecule has 0 N–H and O–H groups in total. The van der Waals surface area contributed by atoms with Gasteiger partial charge in [-0.15, -0.1) is 0 Å². The lowest BCUT2D eigenvalue weighted by atomic mass is 9.64. The summed E-state index contributed by atoms with van der Waals surface area (Å²) in [6.07, 6.45) is 13.2. The highest BCUT2D eigenvalue weighted by molar-refractivity contribution is 5.35. The summed E-state index contributed by atoms with van der Waals surface area (Å²) in [4.78, 5) is 0. The molecule has 0 spiro atoms. The van der Waals surface area contributed by atoms with Crippen LogP contribution < -0.4 is 0 Å². The first kappa shape index (κ1) is 6.86. The van der Waals surface area contributed by atoms with E-state index in [2.05, 4.69) is 18.2 Å². The Morgan fingerprint density at radius 3 is 2.54 bits per heavy atom. The molecule has 4 unspecified atom stereocenters. The van der Waals surface area contributed by atoms with E-state index in [1.807, 2.05) is 0 Å². The Morgan fingerprint density at radius 1 is 1.00 bits per heavy atom. The standard InChI is InChI=1S/C13H16/c1-2-8-7-13(12(8)3-1)11-5-9-4-10(9)6-11/h1-3,9-13H,4-7H2. The molecule has 13 heavy (non-hydrogen) atoms. The molecule has 0 aromatic rings. The first-order valence-corrected chi connectivity index (χ1v) is 5.79. The Bertz CT molecular complexity index is 300. The molecule has 0 aromatic heterocycles. The summed E-state index contributed by atoms with van der Waals surface area (Å²) in [5.74, 6) is 5.39. The molecule has 68 valence electrons. The number of hydrogen-bond acceptors (Lipinski definition) is 0. The molecule has 0 heteroatoms. The predicted molar refractivity (Wildman–Crippen MR) is 53.1 cm³/mol.